The monoisotopic (exact) mass is 273 g/mol. The van der Waals surface area contributed by atoms with E-state index in [9.17, 15) is 19.5 Å². The first kappa shape index (κ1) is 15.4. The summed E-state index contributed by atoms with van der Waals surface area (Å²) in [5, 5.41) is 20.8. The molecule has 0 aliphatic heterocycles. The standard InChI is InChI=1S/C12H19NO6/c1-6-3-7(8(4-6)11(16)17)10(15)13-5-9(14)12(18)19-2/h6-9,14H,3-5H2,1-2H3,(H,13,15)(H,16,17). The van der Waals surface area contributed by atoms with Crippen molar-refractivity contribution in [3.63, 3.8) is 0 Å². The van der Waals surface area contributed by atoms with E-state index in [4.69, 9.17) is 5.11 Å². The van der Waals surface area contributed by atoms with Crippen LogP contribution in [0.5, 0.6) is 0 Å². The van der Waals surface area contributed by atoms with E-state index >= 15 is 0 Å². The van der Waals surface area contributed by atoms with Crippen molar-refractivity contribution in [1.29, 1.82) is 0 Å². The van der Waals surface area contributed by atoms with Gasteiger partial charge in [-0.3, -0.25) is 9.59 Å². The van der Waals surface area contributed by atoms with Crippen LogP contribution in [0.2, 0.25) is 0 Å². The molecule has 1 fully saturated rings. The first-order valence-electron chi connectivity index (χ1n) is 6.13. The maximum atomic E-state index is 11.9. The molecule has 1 amide bonds. The molecule has 1 aliphatic carbocycles. The summed E-state index contributed by atoms with van der Waals surface area (Å²) in [6.07, 6.45) is -0.472. The number of rotatable bonds is 5. The SMILES string of the molecule is COC(=O)C(O)CNC(=O)C1CC(C)CC1C(=O)O. The fourth-order valence-electron chi connectivity index (χ4n) is 2.40. The molecule has 0 aromatic carbocycles. The van der Waals surface area contributed by atoms with E-state index in [0.29, 0.717) is 12.8 Å². The Morgan fingerprint density at radius 2 is 1.89 bits per heavy atom. The molecule has 3 N–H and O–H groups in total. The number of ether oxygens (including phenoxy) is 1. The van der Waals surface area contributed by atoms with E-state index in [1.807, 2.05) is 6.92 Å². The number of hydrogen-bond acceptors (Lipinski definition) is 5. The van der Waals surface area contributed by atoms with Gasteiger partial charge in [0.15, 0.2) is 6.10 Å². The summed E-state index contributed by atoms with van der Waals surface area (Å²) < 4.78 is 4.31. The Balaban J connectivity index is 2.53. The maximum absolute atomic E-state index is 11.9. The van der Waals surface area contributed by atoms with Gasteiger partial charge < -0.3 is 20.3 Å². The zero-order chi connectivity index (χ0) is 14.6. The summed E-state index contributed by atoms with van der Waals surface area (Å²) in [4.78, 5) is 33.9. The van der Waals surface area contributed by atoms with Crippen molar-refractivity contribution in [3.05, 3.63) is 0 Å². The number of carboxylic acid groups (broad SMARTS) is 1. The van der Waals surface area contributed by atoms with Gasteiger partial charge in [-0.2, -0.15) is 0 Å². The lowest BCUT2D eigenvalue weighted by atomic mass is 9.95. The molecule has 0 radical (unpaired) electrons. The third-order valence-electron chi connectivity index (χ3n) is 3.40. The number of carbonyl (C=O) groups is 3. The first-order valence-corrected chi connectivity index (χ1v) is 6.13. The van der Waals surface area contributed by atoms with E-state index in [-0.39, 0.29) is 12.5 Å². The van der Waals surface area contributed by atoms with Gasteiger partial charge in [-0.25, -0.2) is 4.79 Å². The minimum absolute atomic E-state index is 0.169. The van der Waals surface area contributed by atoms with Gasteiger partial charge in [0, 0.05) is 0 Å². The molecule has 108 valence electrons. The van der Waals surface area contributed by atoms with Crippen molar-refractivity contribution in [1.82, 2.24) is 5.32 Å². The van der Waals surface area contributed by atoms with Crippen LogP contribution in [0.3, 0.4) is 0 Å². The number of aliphatic hydroxyl groups is 1. The lowest BCUT2D eigenvalue weighted by Gasteiger charge is -2.16. The van der Waals surface area contributed by atoms with Crippen molar-refractivity contribution in [2.75, 3.05) is 13.7 Å². The Morgan fingerprint density at radius 3 is 2.42 bits per heavy atom. The molecule has 19 heavy (non-hydrogen) atoms. The third-order valence-corrected chi connectivity index (χ3v) is 3.40. The van der Waals surface area contributed by atoms with Crippen LogP contribution in [0.15, 0.2) is 0 Å². The van der Waals surface area contributed by atoms with Crippen LogP contribution in [0.25, 0.3) is 0 Å². The predicted octanol–water partition coefficient (Wildman–Crippen LogP) is -0.617. The lowest BCUT2D eigenvalue weighted by Crippen LogP contribution is -2.41. The van der Waals surface area contributed by atoms with Gasteiger partial charge in [-0.05, 0) is 18.8 Å². The number of carboxylic acids is 1. The maximum Gasteiger partial charge on any atom is 0.336 e. The van der Waals surface area contributed by atoms with E-state index in [1.165, 1.54) is 0 Å². The summed E-state index contributed by atoms with van der Waals surface area (Å²) in [7, 11) is 1.13. The smallest absolute Gasteiger partial charge is 0.336 e. The molecule has 4 unspecified atom stereocenters. The summed E-state index contributed by atoms with van der Waals surface area (Å²) in [6, 6.07) is 0. The molecular weight excluding hydrogens is 254 g/mol. The van der Waals surface area contributed by atoms with Crippen molar-refractivity contribution < 1.29 is 29.3 Å². The summed E-state index contributed by atoms with van der Waals surface area (Å²) >= 11 is 0. The Labute approximate surface area is 110 Å². The van der Waals surface area contributed by atoms with E-state index in [2.05, 4.69) is 10.1 Å². The number of hydrogen-bond donors (Lipinski definition) is 3. The van der Waals surface area contributed by atoms with Crippen LogP contribution in [-0.2, 0) is 19.1 Å². The first-order chi connectivity index (χ1) is 8.86. The fourth-order valence-corrected chi connectivity index (χ4v) is 2.40. The number of esters is 1. The van der Waals surface area contributed by atoms with Crippen molar-refractivity contribution in [3.8, 4) is 0 Å². The van der Waals surface area contributed by atoms with Crippen LogP contribution < -0.4 is 5.32 Å². The molecule has 0 aromatic rings. The molecule has 1 aliphatic rings. The van der Waals surface area contributed by atoms with Gasteiger partial charge >= 0.3 is 11.9 Å². The summed E-state index contributed by atoms with van der Waals surface area (Å²) in [5.74, 6) is -3.42. The van der Waals surface area contributed by atoms with Crippen LogP contribution in [0, 0.1) is 17.8 Å². The number of nitrogens with one attached hydrogen (secondary N) is 1. The van der Waals surface area contributed by atoms with Crippen LogP contribution in [0.1, 0.15) is 19.8 Å². The molecule has 4 atom stereocenters. The largest absolute Gasteiger partial charge is 0.481 e. The van der Waals surface area contributed by atoms with Crippen molar-refractivity contribution in [2.24, 2.45) is 17.8 Å². The van der Waals surface area contributed by atoms with E-state index in [0.717, 1.165) is 7.11 Å². The third kappa shape index (κ3) is 3.92. The average molecular weight is 273 g/mol. The highest BCUT2D eigenvalue weighted by molar-refractivity contribution is 5.86. The van der Waals surface area contributed by atoms with Gasteiger partial charge in [0.1, 0.15) is 0 Å². The highest BCUT2D eigenvalue weighted by atomic mass is 16.5. The highest BCUT2D eigenvalue weighted by Crippen LogP contribution is 2.36. The second kappa shape index (κ2) is 6.51. The van der Waals surface area contributed by atoms with Gasteiger partial charge in [-0.1, -0.05) is 6.92 Å². The normalized spacial score (nSPS) is 27.6. The Morgan fingerprint density at radius 1 is 1.32 bits per heavy atom. The van der Waals surface area contributed by atoms with Crippen molar-refractivity contribution >= 4 is 17.8 Å². The zero-order valence-corrected chi connectivity index (χ0v) is 11.0. The van der Waals surface area contributed by atoms with Gasteiger partial charge in [-0.15, -0.1) is 0 Å². The minimum atomic E-state index is -1.43. The molecule has 0 spiro atoms. The quantitative estimate of drug-likeness (QED) is 0.576. The fraction of sp³-hybridized carbons (Fsp3) is 0.750. The molecule has 0 aromatic heterocycles. The zero-order valence-electron chi connectivity index (χ0n) is 11.0. The van der Waals surface area contributed by atoms with Crippen molar-refractivity contribution in [2.45, 2.75) is 25.9 Å². The second-order valence-electron chi connectivity index (χ2n) is 4.91. The Kier molecular flexibility index (Phi) is 5.29. The molecule has 1 rings (SSSR count). The topological polar surface area (TPSA) is 113 Å². The van der Waals surface area contributed by atoms with E-state index < -0.39 is 35.8 Å². The lowest BCUT2D eigenvalue weighted by molar-refractivity contribution is -0.151. The van der Waals surface area contributed by atoms with Gasteiger partial charge in [0.25, 0.3) is 0 Å². The minimum Gasteiger partial charge on any atom is -0.481 e. The number of aliphatic hydroxyl groups excluding tert-OH is 1. The molecule has 0 bridgehead atoms. The molecular formula is C12H19NO6. The number of carbonyl (C=O) groups excluding carboxylic acids is 2. The van der Waals surface area contributed by atoms with Gasteiger partial charge in [0.2, 0.25) is 5.91 Å². The number of amides is 1. The van der Waals surface area contributed by atoms with E-state index in [1.54, 1.807) is 0 Å². The Hall–Kier alpha value is -1.63. The molecule has 1 saturated carbocycles. The van der Waals surface area contributed by atoms with Crippen LogP contribution >= 0.6 is 0 Å². The molecule has 0 saturated heterocycles. The predicted molar refractivity (Wildman–Crippen MR) is 64.0 cm³/mol. The van der Waals surface area contributed by atoms with Crippen LogP contribution in [-0.4, -0.2) is 47.8 Å². The van der Waals surface area contributed by atoms with Gasteiger partial charge in [0.05, 0.1) is 25.5 Å². The molecule has 0 heterocycles. The second-order valence-corrected chi connectivity index (χ2v) is 4.91. The highest BCUT2D eigenvalue weighted by Gasteiger charge is 2.41. The summed E-state index contributed by atoms with van der Waals surface area (Å²) in [5.41, 5.74) is 0. The van der Waals surface area contributed by atoms with Crippen LogP contribution in [0.4, 0.5) is 0 Å². The average Bonchev–Trinajstić information content (AvgIpc) is 2.76. The molecule has 7 nitrogen and oxygen atoms in total. The Bertz CT molecular complexity index is 369. The number of methoxy groups -OCH3 is 1. The number of aliphatic carboxylic acids is 1. The molecule has 7 heteroatoms. The summed E-state index contributed by atoms with van der Waals surface area (Å²) in [6.45, 7) is 1.62.